The summed E-state index contributed by atoms with van der Waals surface area (Å²) in [6.45, 7) is 2.01. The number of carbonyl (C=O) groups is 2. The van der Waals surface area contributed by atoms with Gasteiger partial charge in [-0.1, -0.05) is 18.7 Å². The number of amides is 1. The number of aromatic nitrogens is 6. The first-order chi connectivity index (χ1) is 11.0. The van der Waals surface area contributed by atoms with Crippen molar-refractivity contribution < 1.29 is 9.59 Å². The van der Waals surface area contributed by atoms with Crippen molar-refractivity contribution in [3.8, 4) is 0 Å². The Balaban J connectivity index is 1.64. The highest BCUT2D eigenvalue weighted by Crippen LogP contribution is 2.24. The summed E-state index contributed by atoms with van der Waals surface area (Å²) >= 11 is 1.22. The number of thioether (sulfide) groups is 1. The number of hydrogen-bond donors (Lipinski definition) is 1. The van der Waals surface area contributed by atoms with E-state index in [1.165, 1.54) is 22.6 Å². The highest BCUT2D eigenvalue weighted by Gasteiger charge is 2.24. The largest absolute Gasteiger partial charge is 0.294 e. The Kier molecular flexibility index (Phi) is 4.33. The van der Waals surface area contributed by atoms with Crippen molar-refractivity contribution in [2.75, 3.05) is 11.1 Å². The molecule has 23 heavy (non-hydrogen) atoms. The van der Waals surface area contributed by atoms with Crippen LogP contribution in [0.3, 0.4) is 0 Å². The number of nitrogens with zero attached hydrogens (tertiary/aromatic N) is 6. The Morgan fingerprint density at radius 2 is 2.30 bits per heavy atom. The minimum Gasteiger partial charge on any atom is -0.294 e. The van der Waals surface area contributed by atoms with E-state index in [0.717, 1.165) is 0 Å². The summed E-state index contributed by atoms with van der Waals surface area (Å²) < 4.78 is 1.49. The molecule has 1 aliphatic carbocycles. The monoisotopic (exact) mass is 333 g/mol. The van der Waals surface area contributed by atoms with Gasteiger partial charge in [-0.05, 0) is 22.8 Å². The molecular weight excluding hydrogens is 318 g/mol. The molecule has 2 heterocycles. The summed E-state index contributed by atoms with van der Waals surface area (Å²) in [4.78, 5) is 32.2. The maximum absolute atomic E-state index is 12.0. The first-order valence-electron chi connectivity index (χ1n) is 7.07. The van der Waals surface area contributed by atoms with Crippen molar-refractivity contribution in [2.24, 2.45) is 13.0 Å². The van der Waals surface area contributed by atoms with Gasteiger partial charge in [0.05, 0.1) is 17.0 Å². The second kappa shape index (κ2) is 6.41. The maximum Gasteiger partial charge on any atom is 0.237 e. The molecule has 0 aromatic carbocycles. The average molecular weight is 333 g/mol. The van der Waals surface area contributed by atoms with Gasteiger partial charge < -0.3 is 0 Å². The van der Waals surface area contributed by atoms with Crippen LogP contribution in [-0.2, 0) is 18.3 Å². The lowest BCUT2D eigenvalue weighted by atomic mass is 9.88. The van der Waals surface area contributed by atoms with Crippen LogP contribution in [0.5, 0.6) is 0 Å². The fourth-order valence-electron chi connectivity index (χ4n) is 2.33. The number of fused-ring (bicyclic) bond motifs is 1. The molecule has 0 spiro atoms. The van der Waals surface area contributed by atoms with Crippen molar-refractivity contribution in [3.05, 3.63) is 17.5 Å². The van der Waals surface area contributed by atoms with Gasteiger partial charge in [-0.25, -0.2) is 14.6 Å². The zero-order chi connectivity index (χ0) is 16.4. The van der Waals surface area contributed by atoms with Crippen LogP contribution in [0.2, 0.25) is 0 Å². The van der Waals surface area contributed by atoms with E-state index in [2.05, 4.69) is 30.8 Å². The molecule has 120 valence electrons. The number of Topliss-reactive ketones (excluding diaryl/α,β-unsaturated/α-hetero) is 1. The Hall–Kier alpha value is -2.36. The van der Waals surface area contributed by atoms with Gasteiger partial charge in [0.1, 0.15) is 0 Å². The van der Waals surface area contributed by atoms with Crippen LogP contribution in [0.4, 0.5) is 5.95 Å². The van der Waals surface area contributed by atoms with Gasteiger partial charge in [-0.15, -0.1) is 5.10 Å². The van der Waals surface area contributed by atoms with Crippen LogP contribution in [0.1, 0.15) is 29.4 Å². The second-order valence-corrected chi connectivity index (χ2v) is 6.35. The van der Waals surface area contributed by atoms with Gasteiger partial charge in [0.15, 0.2) is 5.78 Å². The predicted octanol–water partition coefficient (Wildman–Crippen LogP) is 0.496. The van der Waals surface area contributed by atoms with Gasteiger partial charge >= 0.3 is 0 Å². The highest BCUT2D eigenvalue weighted by atomic mass is 32.2. The van der Waals surface area contributed by atoms with E-state index in [-0.39, 0.29) is 29.3 Å². The Labute approximate surface area is 136 Å². The minimum absolute atomic E-state index is 0.0574. The lowest BCUT2D eigenvalue weighted by molar-refractivity contribution is -0.113. The van der Waals surface area contributed by atoms with E-state index < -0.39 is 0 Å². The third-order valence-electron chi connectivity index (χ3n) is 3.41. The zero-order valence-corrected chi connectivity index (χ0v) is 13.5. The standard InChI is InChI=1S/C13H15N7O2S/c1-7-3-9-8(10(21)4-7)5-14-12(15-9)16-11(22)6-23-13-17-18-19-20(13)2/h5,7H,3-4,6H2,1-2H3,(H,14,15,16,22)/t7-/m1/s1. The van der Waals surface area contributed by atoms with Crippen LogP contribution in [-0.4, -0.2) is 47.6 Å². The van der Waals surface area contributed by atoms with Crippen LogP contribution in [0.15, 0.2) is 11.4 Å². The molecule has 2 aromatic rings. The summed E-state index contributed by atoms with van der Waals surface area (Å²) in [5.41, 5.74) is 1.25. The third kappa shape index (κ3) is 3.52. The zero-order valence-electron chi connectivity index (χ0n) is 12.7. The molecule has 3 rings (SSSR count). The number of aryl methyl sites for hydroxylation is 1. The third-order valence-corrected chi connectivity index (χ3v) is 4.42. The summed E-state index contributed by atoms with van der Waals surface area (Å²) in [5, 5.41) is 14.2. The van der Waals surface area contributed by atoms with Crippen molar-refractivity contribution in [3.63, 3.8) is 0 Å². The fourth-order valence-corrected chi connectivity index (χ4v) is 2.98. The average Bonchev–Trinajstić information content (AvgIpc) is 2.90. The summed E-state index contributed by atoms with van der Waals surface area (Å²) in [7, 11) is 1.70. The molecule has 1 aliphatic rings. The molecule has 1 atom stereocenters. The molecule has 0 fully saturated rings. The number of carbonyl (C=O) groups excluding carboxylic acids is 2. The van der Waals surface area contributed by atoms with Crippen LogP contribution < -0.4 is 5.32 Å². The SMILES string of the molecule is C[C@H]1CC(=O)c2cnc(NC(=O)CSc3nnnn3C)nc2C1. The van der Waals surface area contributed by atoms with Crippen molar-refractivity contribution in [1.29, 1.82) is 0 Å². The van der Waals surface area contributed by atoms with E-state index in [9.17, 15) is 9.59 Å². The van der Waals surface area contributed by atoms with Crippen LogP contribution in [0, 0.1) is 5.92 Å². The van der Waals surface area contributed by atoms with E-state index in [0.29, 0.717) is 29.3 Å². The van der Waals surface area contributed by atoms with Gasteiger partial charge in [-0.3, -0.25) is 14.9 Å². The van der Waals surface area contributed by atoms with Crippen molar-refractivity contribution in [1.82, 2.24) is 30.2 Å². The normalized spacial score (nSPS) is 17.0. The fraction of sp³-hybridized carbons (Fsp3) is 0.462. The summed E-state index contributed by atoms with van der Waals surface area (Å²) in [6.07, 6.45) is 2.72. The number of anilines is 1. The van der Waals surface area contributed by atoms with Crippen LogP contribution >= 0.6 is 11.8 Å². The molecule has 1 amide bonds. The topological polar surface area (TPSA) is 116 Å². The van der Waals surface area contributed by atoms with E-state index in [4.69, 9.17) is 0 Å². The van der Waals surface area contributed by atoms with E-state index >= 15 is 0 Å². The van der Waals surface area contributed by atoms with E-state index in [1.54, 1.807) is 7.05 Å². The predicted molar refractivity (Wildman–Crippen MR) is 82.0 cm³/mol. The number of tetrazole rings is 1. The molecule has 0 saturated carbocycles. The molecule has 10 heteroatoms. The van der Waals surface area contributed by atoms with Crippen molar-refractivity contribution >= 4 is 29.4 Å². The molecular formula is C13H15N7O2S. The first-order valence-corrected chi connectivity index (χ1v) is 8.05. The molecule has 0 bridgehead atoms. The summed E-state index contributed by atoms with van der Waals surface area (Å²) in [6, 6.07) is 0. The number of hydrogen-bond acceptors (Lipinski definition) is 8. The lowest BCUT2D eigenvalue weighted by Crippen LogP contribution is -2.22. The molecule has 1 N–H and O–H groups in total. The maximum atomic E-state index is 12.0. The van der Waals surface area contributed by atoms with E-state index in [1.807, 2.05) is 6.92 Å². The quantitative estimate of drug-likeness (QED) is 0.804. The highest BCUT2D eigenvalue weighted by molar-refractivity contribution is 7.99. The molecule has 9 nitrogen and oxygen atoms in total. The molecule has 2 aromatic heterocycles. The molecule has 0 saturated heterocycles. The Morgan fingerprint density at radius 3 is 3.04 bits per heavy atom. The van der Waals surface area contributed by atoms with Crippen molar-refractivity contribution in [2.45, 2.75) is 24.9 Å². The molecule has 0 unspecified atom stereocenters. The van der Waals surface area contributed by atoms with Gasteiger partial charge in [-0.2, -0.15) is 0 Å². The van der Waals surface area contributed by atoms with Gasteiger partial charge in [0.25, 0.3) is 0 Å². The first kappa shape index (κ1) is 15.5. The Morgan fingerprint density at radius 1 is 1.48 bits per heavy atom. The second-order valence-electron chi connectivity index (χ2n) is 5.41. The smallest absolute Gasteiger partial charge is 0.237 e. The minimum atomic E-state index is -0.256. The number of nitrogens with one attached hydrogen (secondary N) is 1. The summed E-state index contributed by atoms with van der Waals surface area (Å²) in [5.74, 6) is 0.416. The number of ketones is 1. The molecule has 0 aliphatic heterocycles. The Bertz CT molecular complexity index is 761. The molecule has 0 radical (unpaired) electrons. The van der Waals surface area contributed by atoms with Gasteiger partial charge in [0.2, 0.25) is 17.0 Å². The van der Waals surface area contributed by atoms with Crippen LogP contribution in [0.25, 0.3) is 0 Å². The van der Waals surface area contributed by atoms with Gasteiger partial charge in [0, 0.05) is 19.7 Å². The number of rotatable bonds is 4. The lowest BCUT2D eigenvalue weighted by Gasteiger charge is -2.19.